The van der Waals surface area contributed by atoms with Crippen LogP contribution in [0.5, 0.6) is 0 Å². The van der Waals surface area contributed by atoms with E-state index in [-0.39, 0.29) is 12.0 Å². The summed E-state index contributed by atoms with van der Waals surface area (Å²) in [5, 5.41) is 0. The van der Waals surface area contributed by atoms with Gasteiger partial charge in [-0.3, -0.25) is 4.98 Å². The van der Waals surface area contributed by atoms with Crippen molar-refractivity contribution in [2.24, 2.45) is 5.73 Å². The van der Waals surface area contributed by atoms with Gasteiger partial charge in [-0.1, -0.05) is 6.07 Å². The van der Waals surface area contributed by atoms with Crippen LogP contribution in [0.3, 0.4) is 0 Å². The van der Waals surface area contributed by atoms with E-state index in [9.17, 15) is 17.6 Å². The van der Waals surface area contributed by atoms with Gasteiger partial charge in [-0.05, 0) is 36.8 Å². The van der Waals surface area contributed by atoms with Crippen LogP contribution in [0.2, 0.25) is 0 Å². The molecule has 0 aliphatic heterocycles. The number of benzene rings is 1. The number of pyridine rings is 1. The lowest BCUT2D eigenvalue weighted by atomic mass is 9.99. The Balaban J connectivity index is 2.26. The van der Waals surface area contributed by atoms with Gasteiger partial charge in [0.15, 0.2) is 0 Å². The van der Waals surface area contributed by atoms with Crippen molar-refractivity contribution < 1.29 is 17.6 Å². The van der Waals surface area contributed by atoms with Crippen LogP contribution < -0.4 is 5.73 Å². The van der Waals surface area contributed by atoms with Crippen LogP contribution in [0.4, 0.5) is 17.6 Å². The lowest BCUT2D eigenvalue weighted by molar-refractivity contribution is -0.137. The highest BCUT2D eigenvalue weighted by Crippen LogP contribution is 2.32. The van der Waals surface area contributed by atoms with E-state index in [0.717, 1.165) is 17.7 Å². The SMILES string of the molecule is Cc1ccc(CC(N)c2cc(C(F)(F)F)ccc2F)nc1. The van der Waals surface area contributed by atoms with E-state index in [0.29, 0.717) is 11.8 Å². The van der Waals surface area contributed by atoms with Crippen molar-refractivity contribution in [2.75, 3.05) is 0 Å². The van der Waals surface area contributed by atoms with Crippen LogP contribution >= 0.6 is 0 Å². The van der Waals surface area contributed by atoms with Crippen molar-refractivity contribution in [1.82, 2.24) is 4.98 Å². The molecule has 0 saturated carbocycles. The second-order valence-electron chi connectivity index (χ2n) is 4.87. The van der Waals surface area contributed by atoms with Crippen molar-refractivity contribution in [3.63, 3.8) is 0 Å². The van der Waals surface area contributed by atoms with Crippen LogP contribution in [-0.2, 0) is 12.6 Å². The number of hydrogen-bond acceptors (Lipinski definition) is 2. The molecule has 112 valence electrons. The van der Waals surface area contributed by atoms with Gasteiger partial charge in [0, 0.05) is 29.9 Å². The summed E-state index contributed by atoms with van der Waals surface area (Å²) >= 11 is 0. The molecule has 2 aromatic rings. The number of aromatic nitrogens is 1. The van der Waals surface area contributed by atoms with Gasteiger partial charge in [-0.25, -0.2) is 4.39 Å². The molecule has 1 atom stereocenters. The van der Waals surface area contributed by atoms with Gasteiger partial charge >= 0.3 is 6.18 Å². The topological polar surface area (TPSA) is 38.9 Å². The predicted molar refractivity (Wildman–Crippen MR) is 71.0 cm³/mol. The van der Waals surface area contributed by atoms with Gasteiger partial charge in [0.05, 0.1) is 5.56 Å². The Labute approximate surface area is 119 Å². The largest absolute Gasteiger partial charge is 0.416 e. The number of alkyl halides is 3. The van der Waals surface area contributed by atoms with Gasteiger partial charge in [0.1, 0.15) is 5.82 Å². The van der Waals surface area contributed by atoms with Crippen LogP contribution in [0.1, 0.15) is 28.4 Å². The molecule has 0 amide bonds. The fourth-order valence-electron chi connectivity index (χ4n) is 1.96. The molecule has 1 aromatic heterocycles. The van der Waals surface area contributed by atoms with Crippen molar-refractivity contribution in [2.45, 2.75) is 25.6 Å². The predicted octanol–water partition coefficient (Wildman–Crippen LogP) is 3.79. The minimum Gasteiger partial charge on any atom is -0.324 e. The highest BCUT2D eigenvalue weighted by molar-refractivity contribution is 5.30. The van der Waals surface area contributed by atoms with E-state index in [1.165, 1.54) is 0 Å². The molecule has 0 aliphatic rings. The Bertz CT molecular complexity index is 621. The Kier molecular flexibility index (Phi) is 4.27. The summed E-state index contributed by atoms with van der Waals surface area (Å²) in [6, 6.07) is 4.91. The normalized spacial score (nSPS) is 13.2. The average Bonchev–Trinajstić information content (AvgIpc) is 2.40. The molecule has 1 heterocycles. The van der Waals surface area contributed by atoms with Gasteiger partial charge in [0.25, 0.3) is 0 Å². The Morgan fingerprint density at radius 2 is 1.90 bits per heavy atom. The van der Waals surface area contributed by atoms with E-state index >= 15 is 0 Å². The van der Waals surface area contributed by atoms with E-state index in [1.807, 2.05) is 13.0 Å². The lowest BCUT2D eigenvalue weighted by Gasteiger charge is -2.15. The Morgan fingerprint density at radius 1 is 1.19 bits per heavy atom. The number of nitrogens with two attached hydrogens (primary N) is 1. The fraction of sp³-hybridized carbons (Fsp3) is 0.267. The van der Waals surface area contributed by atoms with Crippen LogP contribution in [0.25, 0.3) is 0 Å². The zero-order valence-corrected chi connectivity index (χ0v) is 11.3. The van der Waals surface area contributed by atoms with Crippen molar-refractivity contribution in [3.8, 4) is 0 Å². The first-order valence-corrected chi connectivity index (χ1v) is 6.31. The average molecular weight is 298 g/mol. The van der Waals surface area contributed by atoms with E-state index in [1.54, 1.807) is 12.3 Å². The summed E-state index contributed by atoms with van der Waals surface area (Å²) in [5.74, 6) is -0.748. The standard InChI is InChI=1S/C15H14F4N2/c1-9-2-4-11(21-8-9)7-14(20)12-6-10(15(17,18)19)3-5-13(12)16/h2-6,8,14H,7,20H2,1H3. The third kappa shape index (κ3) is 3.78. The smallest absolute Gasteiger partial charge is 0.324 e. The molecule has 0 radical (unpaired) electrons. The van der Waals surface area contributed by atoms with Gasteiger partial charge in [-0.2, -0.15) is 13.2 Å². The molecule has 6 heteroatoms. The zero-order valence-electron chi connectivity index (χ0n) is 11.3. The summed E-state index contributed by atoms with van der Waals surface area (Å²) in [6.45, 7) is 1.86. The minimum atomic E-state index is -4.52. The van der Waals surface area contributed by atoms with Gasteiger partial charge < -0.3 is 5.73 Å². The maximum absolute atomic E-state index is 13.7. The molecule has 0 spiro atoms. The Hall–Kier alpha value is -1.95. The number of rotatable bonds is 3. The third-order valence-corrected chi connectivity index (χ3v) is 3.12. The fourth-order valence-corrected chi connectivity index (χ4v) is 1.96. The first kappa shape index (κ1) is 15.4. The summed E-state index contributed by atoms with van der Waals surface area (Å²) in [7, 11) is 0. The molecule has 21 heavy (non-hydrogen) atoms. The zero-order chi connectivity index (χ0) is 15.6. The molecular formula is C15H14F4N2. The van der Waals surface area contributed by atoms with E-state index < -0.39 is 23.6 Å². The lowest BCUT2D eigenvalue weighted by Crippen LogP contribution is -2.17. The highest BCUT2D eigenvalue weighted by atomic mass is 19.4. The highest BCUT2D eigenvalue weighted by Gasteiger charge is 2.31. The quantitative estimate of drug-likeness (QED) is 0.876. The molecule has 0 fully saturated rings. The summed E-state index contributed by atoms with van der Waals surface area (Å²) in [4.78, 5) is 4.12. The number of halogens is 4. The van der Waals surface area contributed by atoms with Crippen molar-refractivity contribution in [3.05, 3.63) is 64.7 Å². The van der Waals surface area contributed by atoms with Gasteiger partial charge in [-0.15, -0.1) is 0 Å². The first-order chi connectivity index (χ1) is 9.77. The summed E-state index contributed by atoms with van der Waals surface area (Å²) in [5.41, 5.74) is 6.32. The molecule has 2 nitrogen and oxygen atoms in total. The third-order valence-electron chi connectivity index (χ3n) is 3.12. The van der Waals surface area contributed by atoms with Crippen LogP contribution in [-0.4, -0.2) is 4.98 Å². The molecule has 0 saturated heterocycles. The first-order valence-electron chi connectivity index (χ1n) is 6.31. The number of nitrogens with zero attached hydrogens (tertiary/aromatic N) is 1. The summed E-state index contributed by atoms with van der Waals surface area (Å²) in [6.07, 6.45) is -2.73. The maximum Gasteiger partial charge on any atom is 0.416 e. The van der Waals surface area contributed by atoms with Crippen LogP contribution in [0.15, 0.2) is 36.5 Å². The second kappa shape index (κ2) is 5.81. The maximum atomic E-state index is 13.7. The van der Waals surface area contributed by atoms with E-state index in [4.69, 9.17) is 5.73 Å². The van der Waals surface area contributed by atoms with Gasteiger partial charge in [0.2, 0.25) is 0 Å². The van der Waals surface area contributed by atoms with Crippen LogP contribution in [0, 0.1) is 12.7 Å². The molecule has 1 unspecified atom stereocenters. The number of aryl methyl sites for hydroxylation is 1. The molecule has 0 aliphatic carbocycles. The molecule has 2 rings (SSSR count). The molecule has 1 aromatic carbocycles. The second-order valence-corrected chi connectivity index (χ2v) is 4.87. The van der Waals surface area contributed by atoms with E-state index in [2.05, 4.69) is 4.98 Å². The van der Waals surface area contributed by atoms with Crippen molar-refractivity contribution >= 4 is 0 Å². The number of hydrogen-bond donors (Lipinski definition) is 1. The minimum absolute atomic E-state index is 0.160. The Morgan fingerprint density at radius 3 is 2.48 bits per heavy atom. The molecule has 2 N–H and O–H groups in total. The summed E-state index contributed by atoms with van der Waals surface area (Å²) < 4.78 is 51.7. The monoisotopic (exact) mass is 298 g/mol. The molecular weight excluding hydrogens is 284 g/mol. The molecule has 0 bridgehead atoms. The van der Waals surface area contributed by atoms with Crippen molar-refractivity contribution in [1.29, 1.82) is 0 Å².